The normalized spacial score (nSPS) is 10.2. The molecule has 0 spiro atoms. The number of amides is 2. The van der Waals surface area contributed by atoms with Crippen LogP contribution in [0.15, 0.2) is 48.5 Å². The Kier molecular flexibility index (Phi) is 5.44. The molecular weight excluding hydrogens is 311 g/mol. The van der Waals surface area contributed by atoms with Gasteiger partial charge in [-0.05, 0) is 29.8 Å². The molecule has 0 aliphatic carbocycles. The highest BCUT2D eigenvalue weighted by atomic mass is 35.5. The van der Waals surface area contributed by atoms with Crippen molar-refractivity contribution in [2.45, 2.75) is 6.61 Å². The summed E-state index contributed by atoms with van der Waals surface area (Å²) in [4.78, 5) is 17.3. The van der Waals surface area contributed by atoms with E-state index in [0.29, 0.717) is 15.7 Å². The first kappa shape index (κ1) is 15.6. The summed E-state index contributed by atoms with van der Waals surface area (Å²) in [5, 5.41) is 4.78. The van der Waals surface area contributed by atoms with Gasteiger partial charge in [0, 0.05) is 12.7 Å². The van der Waals surface area contributed by atoms with Gasteiger partial charge in [0.2, 0.25) is 0 Å². The highest BCUT2D eigenvalue weighted by Gasteiger charge is 2.10. The van der Waals surface area contributed by atoms with Crippen LogP contribution in [0.3, 0.4) is 0 Å². The summed E-state index contributed by atoms with van der Waals surface area (Å²) < 4.78 is 0. The standard InChI is InChI=1S/C15H14Cl2N2O2/c1-19(15(20)18-12-5-3-2-4-6-12)21-10-11-7-8-13(16)14(17)9-11/h2-9H,10H2,1H3,(H,18,20). The van der Waals surface area contributed by atoms with E-state index in [1.165, 1.54) is 7.05 Å². The summed E-state index contributed by atoms with van der Waals surface area (Å²) in [7, 11) is 1.54. The van der Waals surface area contributed by atoms with E-state index in [9.17, 15) is 4.79 Å². The highest BCUT2D eigenvalue weighted by molar-refractivity contribution is 6.42. The fourth-order valence-corrected chi connectivity index (χ4v) is 1.90. The van der Waals surface area contributed by atoms with Crippen LogP contribution in [-0.2, 0) is 11.4 Å². The maximum absolute atomic E-state index is 11.9. The van der Waals surface area contributed by atoms with Gasteiger partial charge in [-0.25, -0.2) is 9.86 Å². The minimum absolute atomic E-state index is 0.218. The molecule has 2 amide bonds. The number of halogens is 2. The van der Waals surface area contributed by atoms with Gasteiger partial charge in [-0.1, -0.05) is 47.5 Å². The monoisotopic (exact) mass is 324 g/mol. The minimum Gasteiger partial charge on any atom is -0.306 e. The third-order valence-corrected chi connectivity index (χ3v) is 3.46. The summed E-state index contributed by atoms with van der Waals surface area (Å²) >= 11 is 11.8. The molecule has 0 saturated heterocycles. The predicted molar refractivity (Wildman–Crippen MR) is 84.5 cm³/mol. The fourth-order valence-electron chi connectivity index (χ4n) is 1.58. The van der Waals surface area contributed by atoms with Gasteiger partial charge < -0.3 is 5.32 Å². The number of urea groups is 1. The van der Waals surface area contributed by atoms with Crippen LogP contribution in [0.1, 0.15) is 5.56 Å². The van der Waals surface area contributed by atoms with E-state index in [-0.39, 0.29) is 12.6 Å². The van der Waals surface area contributed by atoms with Gasteiger partial charge in [0.1, 0.15) is 6.61 Å². The summed E-state index contributed by atoms with van der Waals surface area (Å²) in [5.74, 6) is 0. The number of rotatable bonds is 4. The Balaban J connectivity index is 1.87. The molecule has 0 aliphatic heterocycles. The van der Waals surface area contributed by atoms with Crippen molar-refractivity contribution in [1.29, 1.82) is 0 Å². The third-order valence-electron chi connectivity index (χ3n) is 2.72. The van der Waals surface area contributed by atoms with Crippen LogP contribution in [0, 0.1) is 0 Å². The van der Waals surface area contributed by atoms with Gasteiger partial charge in [-0.3, -0.25) is 4.84 Å². The van der Waals surface area contributed by atoms with Crippen LogP contribution >= 0.6 is 23.2 Å². The number of anilines is 1. The fraction of sp³-hybridized carbons (Fsp3) is 0.133. The Hall–Kier alpha value is -1.75. The molecule has 0 saturated carbocycles. The number of benzene rings is 2. The zero-order valence-corrected chi connectivity index (χ0v) is 12.9. The van der Waals surface area contributed by atoms with Crippen LogP contribution in [0.2, 0.25) is 10.0 Å². The Labute approximate surface area is 133 Å². The quantitative estimate of drug-likeness (QED) is 0.836. The summed E-state index contributed by atoms with van der Waals surface area (Å²) in [6, 6.07) is 14.0. The van der Waals surface area contributed by atoms with Crippen molar-refractivity contribution in [2.24, 2.45) is 0 Å². The minimum atomic E-state index is -0.360. The molecule has 1 N–H and O–H groups in total. The first-order chi connectivity index (χ1) is 10.1. The number of carbonyl (C=O) groups is 1. The van der Waals surface area contributed by atoms with Crippen LogP contribution in [0.25, 0.3) is 0 Å². The number of para-hydroxylation sites is 1. The van der Waals surface area contributed by atoms with Crippen LogP contribution in [0.4, 0.5) is 10.5 Å². The lowest BCUT2D eigenvalue weighted by Crippen LogP contribution is -2.31. The van der Waals surface area contributed by atoms with Crippen molar-refractivity contribution < 1.29 is 9.63 Å². The summed E-state index contributed by atoms with van der Waals surface area (Å²) in [6.45, 7) is 0.218. The predicted octanol–water partition coefficient (Wildman–Crippen LogP) is 4.59. The Morgan fingerprint density at radius 1 is 1.14 bits per heavy atom. The number of nitrogens with one attached hydrogen (secondary N) is 1. The molecule has 4 nitrogen and oxygen atoms in total. The number of hydrogen-bond donors (Lipinski definition) is 1. The number of hydroxylamine groups is 2. The second-order valence-electron chi connectivity index (χ2n) is 4.32. The summed E-state index contributed by atoms with van der Waals surface area (Å²) in [6.07, 6.45) is 0. The topological polar surface area (TPSA) is 41.6 Å². The van der Waals surface area contributed by atoms with Crippen LogP contribution in [0.5, 0.6) is 0 Å². The molecule has 0 atom stereocenters. The molecule has 0 bridgehead atoms. The lowest BCUT2D eigenvalue weighted by atomic mass is 10.2. The van der Waals surface area contributed by atoms with E-state index in [2.05, 4.69) is 5.32 Å². The first-order valence-electron chi connectivity index (χ1n) is 6.23. The molecule has 0 heterocycles. The molecule has 6 heteroatoms. The average molecular weight is 325 g/mol. The second-order valence-corrected chi connectivity index (χ2v) is 5.13. The maximum Gasteiger partial charge on any atom is 0.345 e. The first-order valence-corrected chi connectivity index (χ1v) is 6.98. The highest BCUT2D eigenvalue weighted by Crippen LogP contribution is 2.23. The molecular formula is C15H14Cl2N2O2. The smallest absolute Gasteiger partial charge is 0.306 e. The van der Waals surface area contributed by atoms with Crippen molar-refractivity contribution >= 4 is 34.9 Å². The molecule has 2 aromatic rings. The zero-order valence-electron chi connectivity index (χ0n) is 11.3. The lowest BCUT2D eigenvalue weighted by Gasteiger charge is -2.17. The Morgan fingerprint density at radius 2 is 1.86 bits per heavy atom. The molecule has 2 rings (SSSR count). The van der Waals surface area contributed by atoms with Gasteiger partial charge >= 0.3 is 6.03 Å². The van der Waals surface area contributed by atoms with Crippen LogP contribution in [-0.4, -0.2) is 18.1 Å². The summed E-state index contributed by atoms with van der Waals surface area (Å²) in [5.41, 5.74) is 1.52. The average Bonchev–Trinajstić information content (AvgIpc) is 2.49. The SMILES string of the molecule is CN(OCc1ccc(Cl)c(Cl)c1)C(=O)Nc1ccccc1. The van der Waals surface area contributed by atoms with Crippen molar-refractivity contribution in [3.8, 4) is 0 Å². The van der Waals surface area contributed by atoms with E-state index < -0.39 is 0 Å². The molecule has 0 unspecified atom stereocenters. The van der Waals surface area contributed by atoms with E-state index in [0.717, 1.165) is 10.6 Å². The van der Waals surface area contributed by atoms with E-state index in [4.69, 9.17) is 28.0 Å². The van der Waals surface area contributed by atoms with Gasteiger partial charge in [0.15, 0.2) is 0 Å². The molecule has 21 heavy (non-hydrogen) atoms. The van der Waals surface area contributed by atoms with Gasteiger partial charge in [0.05, 0.1) is 10.0 Å². The number of hydrogen-bond acceptors (Lipinski definition) is 2. The largest absolute Gasteiger partial charge is 0.345 e. The van der Waals surface area contributed by atoms with Gasteiger partial charge in [-0.15, -0.1) is 0 Å². The van der Waals surface area contributed by atoms with Crippen molar-refractivity contribution in [1.82, 2.24) is 5.06 Å². The van der Waals surface area contributed by atoms with Crippen LogP contribution < -0.4 is 5.32 Å². The molecule has 0 radical (unpaired) electrons. The van der Waals surface area contributed by atoms with Gasteiger partial charge in [0.25, 0.3) is 0 Å². The molecule has 2 aromatic carbocycles. The van der Waals surface area contributed by atoms with E-state index in [1.807, 2.05) is 18.2 Å². The lowest BCUT2D eigenvalue weighted by molar-refractivity contribution is -0.105. The number of carbonyl (C=O) groups excluding carboxylic acids is 1. The molecule has 0 fully saturated rings. The van der Waals surface area contributed by atoms with E-state index in [1.54, 1.807) is 30.3 Å². The van der Waals surface area contributed by atoms with Crippen molar-refractivity contribution in [3.63, 3.8) is 0 Å². The van der Waals surface area contributed by atoms with Crippen molar-refractivity contribution in [3.05, 3.63) is 64.1 Å². The van der Waals surface area contributed by atoms with Gasteiger partial charge in [-0.2, -0.15) is 0 Å². The second kappa shape index (κ2) is 7.31. The van der Waals surface area contributed by atoms with Crippen molar-refractivity contribution in [2.75, 3.05) is 12.4 Å². The molecule has 110 valence electrons. The van der Waals surface area contributed by atoms with E-state index >= 15 is 0 Å². The molecule has 0 aromatic heterocycles. The number of nitrogens with zero attached hydrogens (tertiary/aromatic N) is 1. The maximum atomic E-state index is 11.9. The zero-order chi connectivity index (χ0) is 15.2. The Bertz CT molecular complexity index is 620. The Morgan fingerprint density at radius 3 is 2.52 bits per heavy atom. The third kappa shape index (κ3) is 4.63. The molecule has 0 aliphatic rings.